The van der Waals surface area contributed by atoms with Crippen LogP contribution >= 0.6 is 23.1 Å². The van der Waals surface area contributed by atoms with Crippen molar-refractivity contribution in [1.82, 2.24) is 19.7 Å². The summed E-state index contributed by atoms with van der Waals surface area (Å²) in [5.74, 6) is 1.82. The van der Waals surface area contributed by atoms with Gasteiger partial charge in [0.25, 0.3) is 0 Å². The Morgan fingerprint density at radius 1 is 1.06 bits per heavy atom. The Kier molecular flexibility index (Phi) is 7.24. The van der Waals surface area contributed by atoms with Gasteiger partial charge in [-0.2, -0.15) is 0 Å². The van der Waals surface area contributed by atoms with Crippen molar-refractivity contribution in [2.24, 2.45) is 0 Å². The average Bonchev–Trinajstić information content (AvgIpc) is 3.47. The molecule has 0 fully saturated rings. The first-order valence-corrected chi connectivity index (χ1v) is 12.1. The molecule has 1 amide bonds. The molecule has 4 aromatic rings. The van der Waals surface area contributed by atoms with E-state index in [0.717, 1.165) is 21.9 Å². The molecule has 0 bridgehead atoms. The van der Waals surface area contributed by atoms with E-state index in [1.807, 2.05) is 90.6 Å². The van der Waals surface area contributed by atoms with Crippen molar-refractivity contribution >= 4 is 29.0 Å². The number of para-hydroxylation sites is 2. The van der Waals surface area contributed by atoms with Crippen molar-refractivity contribution in [3.05, 3.63) is 88.4 Å². The first kappa shape index (κ1) is 22.1. The van der Waals surface area contributed by atoms with E-state index in [-0.39, 0.29) is 18.3 Å². The first-order valence-electron chi connectivity index (χ1n) is 10.2. The quantitative estimate of drug-likeness (QED) is 0.328. The molecule has 2 aromatic carbocycles. The summed E-state index contributed by atoms with van der Waals surface area (Å²) in [6, 6.07) is 21.8. The lowest BCUT2D eigenvalue weighted by molar-refractivity contribution is -0.127. The molecule has 0 aliphatic heterocycles. The third-order valence-electron chi connectivity index (χ3n) is 4.89. The number of aromatic nitrogens is 3. The number of hydrogen-bond donors (Lipinski definition) is 0. The number of nitrogens with zero attached hydrogens (tertiary/aromatic N) is 4. The molecule has 0 aliphatic carbocycles. The number of carbonyl (C=O) groups is 1. The number of carbonyl (C=O) groups excluding carboxylic acids is 1. The van der Waals surface area contributed by atoms with Crippen molar-refractivity contribution in [2.45, 2.75) is 25.2 Å². The van der Waals surface area contributed by atoms with Crippen LogP contribution in [0.1, 0.15) is 16.3 Å². The summed E-state index contributed by atoms with van der Waals surface area (Å²) in [6.07, 6.45) is 0. The summed E-state index contributed by atoms with van der Waals surface area (Å²) in [6.45, 7) is 2.90. The van der Waals surface area contributed by atoms with Crippen LogP contribution in [0.4, 0.5) is 0 Å². The van der Waals surface area contributed by atoms with Crippen molar-refractivity contribution in [2.75, 3.05) is 12.8 Å². The highest BCUT2D eigenvalue weighted by Crippen LogP contribution is 2.24. The molecule has 0 saturated carbocycles. The topological polar surface area (TPSA) is 60.3 Å². The Labute approximate surface area is 195 Å². The molecule has 32 heavy (non-hydrogen) atoms. The molecule has 0 aliphatic rings. The number of thioether (sulfide) groups is 1. The van der Waals surface area contributed by atoms with E-state index in [0.29, 0.717) is 17.5 Å². The molecule has 0 N–H and O–H groups in total. The molecule has 0 atom stereocenters. The number of thiophene rings is 1. The maximum atomic E-state index is 12.7. The average molecular weight is 465 g/mol. The van der Waals surface area contributed by atoms with Gasteiger partial charge in [0.15, 0.2) is 11.0 Å². The smallest absolute Gasteiger partial charge is 0.233 e. The van der Waals surface area contributed by atoms with Gasteiger partial charge in [0, 0.05) is 17.6 Å². The van der Waals surface area contributed by atoms with E-state index >= 15 is 0 Å². The maximum absolute atomic E-state index is 12.7. The van der Waals surface area contributed by atoms with E-state index < -0.39 is 0 Å². The van der Waals surface area contributed by atoms with Crippen LogP contribution in [-0.2, 0) is 17.9 Å². The lowest BCUT2D eigenvalue weighted by atomic mass is 10.2. The SMILES string of the molecule is Cc1ccccc1OCc1nnc(SCC(=O)N(C)Cc2cccs2)n1-c1ccccc1. The van der Waals surface area contributed by atoms with Gasteiger partial charge in [-0.05, 0) is 42.1 Å². The van der Waals surface area contributed by atoms with Crippen LogP contribution < -0.4 is 4.74 Å². The maximum Gasteiger partial charge on any atom is 0.233 e. The molecule has 0 spiro atoms. The van der Waals surface area contributed by atoms with Crippen molar-refractivity contribution in [1.29, 1.82) is 0 Å². The summed E-state index contributed by atoms with van der Waals surface area (Å²) in [5, 5.41) is 11.4. The van der Waals surface area contributed by atoms with Gasteiger partial charge in [-0.3, -0.25) is 9.36 Å². The van der Waals surface area contributed by atoms with E-state index in [2.05, 4.69) is 10.2 Å². The van der Waals surface area contributed by atoms with Crippen LogP contribution in [-0.4, -0.2) is 38.4 Å². The lowest BCUT2D eigenvalue weighted by Crippen LogP contribution is -2.27. The zero-order valence-electron chi connectivity index (χ0n) is 18.0. The third-order valence-corrected chi connectivity index (χ3v) is 6.66. The van der Waals surface area contributed by atoms with E-state index in [9.17, 15) is 4.79 Å². The Bertz CT molecular complexity index is 1160. The summed E-state index contributed by atoms with van der Waals surface area (Å²) in [5.41, 5.74) is 2.00. The number of ether oxygens (including phenoxy) is 1. The number of amides is 1. The molecule has 0 unspecified atom stereocenters. The fraction of sp³-hybridized carbons (Fsp3) is 0.208. The minimum atomic E-state index is 0.0451. The molecule has 8 heteroatoms. The predicted octanol–water partition coefficient (Wildman–Crippen LogP) is 4.97. The second-order valence-electron chi connectivity index (χ2n) is 7.24. The summed E-state index contributed by atoms with van der Waals surface area (Å²) >= 11 is 3.03. The summed E-state index contributed by atoms with van der Waals surface area (Å²) in [4.78, 5) is 15.6. The number of aryl methyl sites for hydroxylation is 1. The van der Waals surface area contributed by atoms with Gasteiger partial charge >= 0.3 is 0 Å². The molecule has 2 aromatic heterocycles. The second kappa shape index (κ2) is 10.5. The Hall–Kier alpha value is -3.10. The second-order valence-corrected chi connectivity index (χ2v) is 9.22. The van der Waals surface area contributed by atoms with Crippen LogP contribution in [0, 0.1) is 6.92 Å². The molecule has 164 valence electrons. The summed E-state index contributed by atoms with van der Waals surface area (Å²) in [7, 11) is 1.83. The van der Waals surface area contributed by atoms with Gasteiger partial charge in [0.2, 0.25) is 5.91 Å². The van der Waals surface area contributed by atoms with Crippen molar-refractivity contribution in [3.63, 3.8) is 0 Å². The standard InChI is InChI=1S/C24H24N4O2S2/c1-18-9-6-7-13-21(18)30-16-22-25-26-24(28(22)19-10-4-3-5-11-19)32-17-23(29)27(2)15-20-12-8-14-31-20/h3-14H,15-17H2,1-2H3. The number of rotatable bonds is 9. The Balaban J connectivity index is 1.49. The molecule has 0 radical (unpaired) electrons. The van der Waals surface area contributed by atoms with E-state index in [1.54, 1.807) is 16.2 Å². The van der Waals surface area contributed by atoms with Crippen LogP contribution in [0.3, 0.4) is 0 Å². The largest absolute Gasteiger partial charge is 0.485 e. The van der Waals surface area contributed by atoms with Crippen LogP contribution in [0.2, 0.25) is 0 Å². The minimum absolute atomic E-state index is 0.0451. The van der Waals surface area contributed by atoms with Gasteiger partial charge in [-0.25, -0.2) is 0 Å². The van der Waals surface area contributed by atoms with Gasteiger partial charge in [-0.1, -0.05) is 54.2 Å². The predicted molar refractivity (Wildman–Crippen MR) is 128 cm³/mol. The third kappa shape index (κ3) is 5.38. The van der Waals surface area contributed by atoms with Crippen molar-refractivity contribution < 1.29 is 9.53 Å². The Morgan fingerprint density at radius 2 is 1.84 bits per heavy atom. The number of benzene rings is 2. The highest BCUT2D eigenvalue weighted by molar-refractivity contribution is 7.99. The van der Waals surface area contributed by atoms with Crippen molar-refractivity contribution in [3.8, 4) is 11.4 Å². The highest BCUT2D eigenvalue weighted by atomic mass is 32.2. The zero-order chi connectivity index (χ0) is 22.3. The minimum Gasteiger partial charge on any atom is -0.485 e. The van der Waals surface area contributed by atoms with E-state index in [1.165, 1.54) is 11.8 Å². The molecular formula is C24H24N4O2S2. The Morgan fingerprint density at radius 3 is 2.59 bits per heavy atom. The number of hydrogen-bond acceptors (Lipinski definition) is 6. The van der Waals surface area contributed by atoms with Gasteiger partial charge in [0.05, 0.1) is 12.3 Å². The monoisotopic (exact) mass is 464 g/mol. The summed E-state index contributed by atoms with van der Waals surface area (Å²) < 4.78 is 7.97. The fourth-order valence-electron chi connectivity index (χ4n) is 3.15. The van der Waals surface area contributed by atoms with Crippen LogP contribution in [0.5, 0.6) is 5.75 Å². The normalized spacial score (nSPS) is 10.8. The molecule has 6 nitrogen and oxygen atoms in total. The van der Waals surface area contributed by atoms with Gasteiger partial charge in [-0.15, -0.1) is 21.5 Å². The molecule has 2 heterocycles. The van der Waals surface area contributed by atoms with Gasteiger partial charge in [0.1, 0.15) is 12.4 Å². The molecule has 0 saturated heterocycles. The fourth-order valence-corrected chi connectivity index (χ4v) is 4.81. The van der Waals surface area contributed by atoms with Crippen LogP contribution in [0.25, 0.3) is 5.69 Å². The molecular weight excluding hydrogens is 440 g/mol. The van der Waals surface area contributed by atoms with Gasteiger partial charge < -0.3 is 9.64 Å². The van der Waals surface area contributed by atoms with E-state index in [4.69, 9.17) is 4.74 Å². The van der Waals surface area contributed by atoms with Crippen LogP contribution in [0.15, 0.2) is 77.3 Å². The zero-order valence-corrected chi connectivity index (χ0v) is 19.6. The lowest BCUT2D eigenvalue weighted by Gasteiger charge is -2.16. The highest BCUT2D eigenvalue weighted by Gasteiger charge is 2.18. The first-order chi connectivity index (χ1) is 15.6. The molecule has 4 rings (SSSR count).